The van der Waals surface area contributed by atoms with Crippen LogP contribution in [0, 0.1) is 0 Å². The Kier molecular flexibility index (Phi) is 77.9. The molecule has 0 fully saturated rings. The van der Waals surface area contributed by atoms with Gasteiger partial charge in [-0.25, -0.2) is 0 Å². The van der Waals surface area contributed by atoms with Crippen molar-refractivity contribution in [1.82, 2.24) is 0 Å². The summed E-state index contributed by atoms with van der Waals surface area (Å²) in [6.45, 7) is 4.67. The van der Waals surface area contributed by atoms with Gasteiger partial charge < -0.3 is 33.3 Å². The number of ether oxygens (including phenoxy) is 4. The van der Waals surface area contributed by atoms with Crippen molar-refractivity contribution in [2.45, 2.75) is 399 Å². The van der Waals surface area contributed by atoms with Gasteiger partial charge >= 0.3 is 11.9 Å². The molecule has 101 heavy (non-hydrogen) atoms. The number of allylic oxidation sites excluding steroid dienone is 20. The van der Waals surface area contributed by atoms with E-state index >= 15 is 0 Å². The van der Waals surface area contributed by atoms with Gasteiger partial charge in [0.25, 0.3) is 0 Å². The first-order valence-corrected chi connectivity index (χ1v) is 42.7. The fourth-order valence-corrected chi connectivity index (χ4v) is 12.2. The zero-order chi connectivity index (χ0) is 73.2. The van der Waals surface area contributed by atoms with Crippen molar-refractivity contribution in [3.8, 4) is 0 Å². The van der Waals surface area contributed by atoms with Gasteiger partial charge in [-0.1, -0.05) is 386 Å². The highest BCUT2D eigenvalue weighted by Crippen LogP contribution is 2.19. The van der Waals surface area contributed by atoms with E-state index in [2.05, 4.69) is 135 Å². The molecule has 2 unspecified atom stereocenters. The third-order valence-electron chi connectivity index (χ3n) is 18.7. The van der Waals surface area contributed by atoms with Gasteiger partial charge in [-0.15, -0.1) is 0 Å². The number of carboxylic acids is 1. The molecule has 0 radical (unpaired) electrons. The molecule has 0 heterocycles. The van der Waals surface area contributed by atoms with Crippen LogP contribution in [0.3, 0.4) is 0 Å². The van der Waals surface area contributed by atoms with Crippen molar-refractivity contribution in [3.05, 3.63) is 122 Å². The number of quaternary nitrogens is 1. The predicted octanol–water partition coefficient (Wildman–Crippen LogP) is 26.5. The van der Waals surface area contributed by atoms with Gasteiger partial charge in [0.05, 0.1) is 40.3 Å². The maximum Gasteiger partial charge on any atom is 0.306 e. The lowest BCUT2D eigenvalue weighted by Gasteiger charge is -2.26. The van der Waals surface area contributed by atoms with E-state index in [4.69, 9.17) is 18.9 Å². The van der Waals surface area contributed by atoms with E-state index in [1.807, 2.05) is 21.1 Å². The number of unbranched alkanes of at least 4 members (excludes halogenated alkanes) is 44. The number of rotatable bonds is 79. The molecule has 0 amide bonds. The molecule has 0 aliphatic heterocycles. The summed E-state index contributed by atoms with van der Waals surface area (Å²) < 4.78 is 22.9. The van der Waals surface area contributed by atoms with Crippen LogP contribution in [0.5, 0.6) is 0 Å². The van der Waals surface area contributed by atoms with E-state index in [0.29, 0.717) is 23.9 Å². The number of carbonyl (C=O) groups excluding carboxylic acids is 3. The lowest BCUT2D eigenvalue weighted by Crippen LogP contribution is -2.44. The Hall–Kier alpha value is -4.31. The highest BCUT2D eigenvalue weighted by Gasteiger charge is 2.22. The van der Waals surface area contributed by atoms with Crippen molar-refractivity contribution in [2.24, 2.45) is 0 Å². The standard InChI is InChI=1S/C92H161NO8/c1-6-8-10-12-14-16-18-20-22-24-26-28-30-32-34-36-38-40-42-43-44-45-46-47-49-51-53-55-57-59-61-63-65-67-69-71-73-75-77-79-81-83-90(95)101-88(87-100-92(91(96)97)98-85-84-93(3,4)5)86-99-89(94)82-80-78-76-74-72-70-68-66-64-62-60-58-56-54-52-50-48-41-39-37-35-33-31-29-27-25-23-21-19-17-15-13-11-9-7-2/h8,10,14,16,19-22,25-28,32,34,38,40,43-44,46-47,88,92H,6-7,9,11-13,15,17-18,23-24,29-31,33,35-37,39,41-42,45,48-87H2,1-5H3/b10-8-,16-14-,21-19-,22-20-,27-25-,28-26-,34-32-,40-38-,44-43-,47-46-. The highest BCUT2D eigenvalue weighted by molar-refractivity contribution is 5.70. The van der Waals surface area contributed by atoms with Crippen LogP contribution >= 0.6 is 0 Å². The van der Waals surface area contributed by atoms with Crippen molar-refractivity contribution >= 4 is 17.9 Å². The smallest absolute Gasteiger partial charge is 0.306 e. The first-order valence-electron chi connectivity index (χ1n) is 42.7. The SMILES string of the molecule is CC/C=C\C/C=C\C/C=C\C/C=C\C/C=C\C/C=C\C/C=C\C/C=C\CCCCCCCCCCCCCCCCCCC(=O)OC(COC(=O)CCCCCCCCCCCCCCCCCCCCCCCCC/C=C\C/C=C\CCCCCCC)COC(OCC[N+](C)(C)C)C(=O)[O-]. The van der Waals surface area contributed by atoms with E-state index in [9.17, 15) is 19.5 Å². The number of carboxylic acid groups (broad SMARTS) is 1. The summed E-state index contributed by atoms with van der Waals surface area (Å²) in [5.41, 5.74) is 0. The van der Waals surface area contributed by atoms with Crippen LogP contribution in [0.25, 0.3) is 0 Å². The molecular formula is C92H161NO8. The molecule has 2 atom stereocenters. The van der Waals surface area contributed by atoms with Gasteiger partial charge in [0.2, 0.25) is 0 Å². The van der Waals surface area contributed by atoms with Gasteiger partial charge in [-0.05, 0) is 109 Å². The van der Waals surface area contributed by atoms with Crippen molar-refractivity contribution in [3.63, 3.8) is 0 Å². The minimum Gasteiger partial charge on any atom is -0.545 e. The molecule has 0 aromatic carbocycles. The van der Waals surface area contributed by atoms with Crippen LogP contribution in [0.2, 0.25) is 0 Å². The lowest BCUT2D eigenvalue weighted by molar-refractivity contribution is -0.870. The Morgan fingerprint density at radius 2 is 0.564 bits per heavy atom. The van der Waals surface area contributed by atoms with Crippen LogP contribution in [-0.4, -0.2) is 82.3 Å². The fourth-order valence-electron chi connectivity index (χ4n) is 12.2. The molecule has 0 spiro atoms. The number of esters is 2. The summed E-state index contributed by atoms with van der Waals surface area (Å²) in [4.78, 5) is 37.7. The fraction of sp³-hybridized carbons (Fsp3) is 0.750. The molecule has 0 rings (SSSR count). The first-order chi connectivity index (χ1) is 49.6. The summed E-state index contributed by atoms with van der Waals surface area (Å²) in [6, 6.07) is 0. The van der Waals surface area contributed by atoms with Crippen molar-refractivity contribution in [1.29, 1.82) is 0 Å². The van der Waals surface area contributed by atoms with E-state index < -0.39 is 24.3 Å². The highest BCUT2D eigenvalue weighted by atomic mass is 16.7. The van der Waals surface area contributed by atoms with Crippen LogP contribution in [0.4, 0.5) is 0 Å². The van der Waals surface area contributed by atoms with Gasteiger partial charge in [0, 0.05) is 12.8 Å². The van der Waals surface area contributed by atoms with E-state index in [1.54, 1.807) is 0 Å². The first kappa shape index (κ1) is 96.7. The zero-order valence-corrected chi connectivity index (χ0v) is 66.8. The van der Waals surface area contributed by atoms with E-state index in [0.717, 1.165) is 96.3 Å². The van der Waals surface area contributed by atoms with Gasteiger partial charge in [-0.3, -0.25) is 9.59 Å². The van der Waals surface area contributed by atoms with Gasteiger partial charge in [-0.2, -0.15) is 0 Å². The van der Waals surface area contributed by atoms with E-state index in [-0.39, 0.29) is 32.2 Å². The monoisotopic (exact) mass is 1410 g/mol. The molecule has 0 aliphatic carbocycles. The van der Waals surface area contributed by atoms with Crippen LogP contribution in [0.1, 0.15) is 386 Å². The number of carbonyl (C=O) groups is 3. The topological polar surface area (TPSA) is 111 Å². The number of likely N-dealkylation sites (N-methyl/N-ethyl adjacent to an activating group) is 1. The summed E-state index contributed by atoms with van der Waals surface area (Å²) >= 11 is 0. The Balaban J connectivity index is 3.99. The summed E-state index contributed by atoms with van der Waals surface area (Å²) in [5.74, 6) is -2.26. The van der Waals surface area contributed by atoms with Crippen molar-refractivity contribution < 1.29 is 42.9 Å². The number of hydrogen-bond acceptors (Lipinski definition) is 8. The Morgan fingerprint density at radius 1 is 0.307 bits per heavy atom. The third-order valence-corrected chi connectivity index (χ3v) is 18.7. The third kappa shape index (κ3) is 82.8. The maximum atomic E-state index is 13.0. The number of aliphatic carboxylic acids is 1. The average Bonchev–Trinajstić information content (AvgIpc) is 1.21. The summed E-state index contributed by atoms with van der Waals surface area (Å²) in [5, 5.41) is 11.9. The molecular weight excluding hydrogens is 1250 g/mol. The molecule has 9 nitrogen and oxygen atoms in total. The molecule has 0 saturated heterocycles. The minimum absolute atomic E-state index is 0.146. The maximum absolute atomic E-state index is 13.0. The van der Waals surface area contributed by atoms with Gasteiger partial charge in [0.15, 0.2) is 12.4 Å². The van der Waals surface area contributed by atoms with Gasteiger partial charge in [0.1, 0.15) is 13.2 Å². The molecule has 0 N–H and O–H groups in total. The largest absolute Gasteiger partial charge is 0.545 e. The number of nitrogens with zero attached hydrogens (tertiary/aromatic N) is 1. The summed E-state index contributed by atoms with van der Waals surface area (Å²) in [7, 11) is 5.95. The molecule has 0 aromatic rings. The predicted molar refractivity (Wildman–Crippen MR) is 435 cm³/mol. The molecule has 0 saturated carbocycles. The summed E-state index contributed by atoms with van der Waals surface area (Å²) in [6.07, 6.45) is 113. The second-order valence-corrected chi connectivity index (χ2v) is 29.7. The molecule has 0 bridgehead atoms. The molecule has 0 aliphatic rings. The molecule has 582 valence electrons. The second-order valence-electron chi connectivity index (χ2n) is 29.7. The Bertz CT molecular complexity index is 2090. The Morgan fingerprint density at radius 3 is 0.842 bits per heavy atom. The normalized spacial score (nSPS) is 13.2. The zero-order valence-electron chi connectivity index (χ0n) is 66.8. The second kappa shape index (κ2) is 81.4. The lowest BCUT2D eigenvalue weighted by atomic mass is 10.0. The molecule has 0 aromatic heterocycles. The van der Waals surface area contributed by atoms with Crippen molar-refractivity contribution in [2.75, 3.05) is 47.5 Å². The Labute approximate surface area is 625 Å². The quantitative estimate of drug-likeness (QED) is 0.0195. The minimum atomic E-state index is -1.63. The van der Waals surface area contributed by atoms with E-state index in [1.165, 1.54) is 257 Å². The number of hydrogen-bond donors (Lipinski definition) is 0. The molecule has 9 heteroatoms. The average molecular weight is 1410 g/mol. The van der Waals surface area contributed by atoms with Crippen LogP contribution in [-0.2, 0) is 33.3 Å². The van der Waals surface area contributed by atoms with Crippen LogP contribution in [0.15, 0.2) is 122 Å². The van der Waals surface area contributed by atoms with Crippen LogP contribution < -0.4 is 5.11 Å².